The average Bonchev–Trinajstić information content (AvgIpc) is 2.63. The van der Waals surface area contributed by atoms with Gasteiger partial charge >= 0.3 is 5.97 Å². The van der Waals surface area contributed by atoms with Crippen LogP contribution >= 0.6 is 0 Å². The molecule has 0 bridgehead atoms. The number of hydrogen-bond acceptors (Lipinski definition) is 4. The highest BCUT2D eigenvalue weighted by Gasteiger charge is 2.06. The van der Waals surface area contributed by atoms with E-state index in [4.69, 9.17) is 0 Å². The van der Waals surface area contributed by atoms with Crippen molar-refractivity contribution in [3.63, 3.8) is 0 Å². The summed E-state index contributed by atoms with van der Waals surface area (Å²) in [6.07, 6.45) is 6.20. The number of hydrogen-bond donors (Lipinski definition) is 1. The Kier molecular flexibility index (Phi) is 7.75. The van der Waals surface area contributed by atoms with Crippen molar-refractivity contribution < 1.29 is 19.1 Å². The Morgan fingerprint density at radius 2 is 1.81 bits per heavy atom. The van der Waals surface area contributed by atoms with E-state index in [9.17, 15) is 14.4 Å². The van der Waals surface area contributed by atoms with Gasteiger partial charge in [0.1, 0.15) is 0 Å². The molecule has 0 atom stereocenters. The molecular weight excluding hydrogens is 210 g/mol. The molecule has 0 unspecified atom stereocenters. The standard InChI is InChI=1S/C7H14O2.C4H3NO2/c1-3-4-5-6-7(8)9-2;6-3-1-2-4(7)5-3/h3-6H2,1-2H3;1-2H,(H,5,6,7). The summed E-state index contributed by atoms with van der Waals surface area (Å²) in [4.78, 5) is 30.5. The molecule has 0 aliphatic carbocycles. The molecule has 1 aliphatic heterocycles. The molecule has 0 radical (unpaired) electrons. The van der Waals surface area contributed by atoms with Gasteiger partial charge in [0.05, 0.1) is 7.11 Å². The van der Waals surface area contributed by atoms with E-state index < -0.39 is 0 Å². The zero-order valence-corrected chi connectivity index (χ0v) is 9.62. The first-order chi connectivity index (χ1) is 7.60. The fraction of sp³-hybridized carbons (Fsp3) is 0.545. The largest absolute Gasteiger partial charge is 0.469 e. The van der Waals surface area contributed by atoms with Crippen molar-refractivity contribution in [3.8, 4) is 0 Å². The van der Waals surface area contributed by atoms with Gasteiger partial charge < -0.3 is 4.74 Å². The predicted molar refractivity (Wildman–Crippen MR) is 58.4 cm³/mol. The van der Waals surface area contributed by atoms with Crippen molar-refractivity contribution >= 4 is 17.8 Å². The fourth-order valence-corrected chi connectivity index (χ4v) is 0.978. The molecular formula is C11H17NO4. The molecule has 1 heterocycles. The third-order valence-corrected chi connectivity index (χ3v) is 1.84. The van der Waals surface area contributed by atoms with Crippen LogP contribution in [-0.2, 0) is 19.1 Å². The number of ether oxygens (including phenoxy) is 1. The molecule has 0 aromatic heterocycles. The van der Waals surface area contributed by atoms with E-state index in [0.29, 0.717) is 6.42 Å². The maximum Gasteiger partial charge on any atom is 0.305 e. The Balaban J connectivity index is 0.000000288. The third kappa shape index (κ3) is 7.73. The van der Waals surface area contributed by atoms with E-state index in [-0.39, 0.29) is 17.8 Å². The fourth-order valence-electron chi connectivity index (χ4n) is 0.978. The van der Waals surface area contributed by atoms with Crippen molar-refractivity contribution in [1.29, 1.82) is 0 Å². The molecule has 1 N–H and O–H groups in total. The van der Waals surface area contributed by atoms with Crippen LogP contribution in [0.2, 0.25) is 0 Å². The van der Waals surface area contributed by atoms with Crippen LogP contribution in [0.15, 0.2) is 12.2 Å². The first-order valence-electron chi connectivity index (χ1n) is 5.20. The van der Waals surface area contributed by atoms with Gasteiger partial charge in [-0.05, 0) is 6.42 Å². The normalized spacial score (nSPS) is 12.9. The Bertz CT molecular complexity index is 268. The summed E-state index contributed by atoms with van der Waals surface area (Å²) in [6.45, 7) is 2.11. The average molecular weight is 227 g/mol. The second-order valence-corrected chi connectivity index (χ2v) is 3.22. The third-order valence-electron chi connectivity index (χ3n) is 1.84. The SMILES string of the molecule is CCCCCC(=O)OC.O=C1C=CC(=O)N1. The van der Waals surface area contributed by atoms with Crippen LogP contribution in [0, 0.1) is 0 Å². The molecule has 0 aromatic carbocycles. The number of amides is 2. The highest BCUT2D eigenvalue weighted by molar-refractivity contribution is 6.12. The number of nitrogens with one attached hydrogen (secondary N) is 1. The maximum atomic E-state index is 10.5. The molecule has 1 aliphatic rings. The zero-order chi connectivity index (χ0) is 12.4. The molecule has 2 amide bonds. The van der Waals surface area contributed by atoms with E-state index in [2.05, 4.69) is 11.7 Å². The molecule has 16 heavy (non-hydrogen) atoms. The number of esters is 1. The van der Waals surface area contributed by atoms with Crippen LogP contribution in [0.3, 0.4) is 0 Å². The second kappa shape index (κ2) is 8.64. The van der Waals surface area contributed by atoms with Gasteiger partial charge in [-0.15, -0.1) is 0 Å². The Morgan fingerprint density at radius 1 is 1.25 bits per heavy atom. The van der Waals surface area contributed by atoms with Gasteiger partial charge in [0.25, 0.3) is 11.8 Å². The van der Waals surface area contributed by atoms with Crippen LogP contribution in [0.25, 0.3) is 0 Å². The summed E-state index contributed by atoms with van der Waals surface area (Å²) in [5.41, 5.74) is 0. The molecule has 0 fully saturated rings. The molecule has 0 spiro atoms. The lowest BCUT2D eigenvalue weighted by atomic mass is 10.2. The lowest BCUT2D eigenvalue weighted by Gasteiger charge is -1.95. The molecule has 5 heteroatoms. The first-order valence-corrected chi connectivity index (χ1v) is 5.20. The molecule has 1 rings (SSSR count). The van der Waals surface area contributed by atoms with E-state index in [1.807, 2.05) is 5.32 Å². The van der Waals surface area contributed by atoms with Gasteiger partial charge in [0, 0.05) is 18.6 Å². The van der Waals surface area contributed by atoms with E-state index in [1.54, 1.807) is 0 Å². The molecule has 90 valence electrons. The summed E-state index contributed by atoms with van der Waals surface area (Å²) in [7, 11) is 1.42. The lowest BCUT2D eigenvalue weighted by Crippen LogP contribution is -2.19. The number of carbonyl (C=O) groups excluding carboxylic acids is 3. The summed E-state index contributed by atoms with van der Waals surface area (Å²) < 4.78 is 4.46. The highest BCUT2D eigenvalue weighted by atomic mass is 16.5. The number of methoxy groups -OCH3 is 1. The van der Waals surface area contributed by atoms with Gasteiger partial charge in [0.2, 0.25) is 0 Å². The van der Waals surface area contributed by atoms with E-state index in [0.717, 1.165) is 19.3 Å². The van der Waals surface area contributed by atoms with Crippen LogP contribution in [0.5, 0.6) is 0 Å². The maximum absolute atomic E-state index is 10.5. The van der Waals surface area contributed by atoms with Crippen LogP contribution in [0.4, 0.5) is 0 Å². The summed E-state index contributed by atoms with van der Waals surface area (Å²) in [6, 6.07) is 0. The summed E-state index contributed by atoms with van der Waals surface area (Å²) in [5.74, 6) is -0.751. The van der Waals surface area contributed by atoms with Crippen molar-refractivity contribution in [3.05, 3.63) is 12.2 Å². The van der Waals surface area contributed by atoms with Crippen molar-refractivity contribution in [2.45, 2.75) is 32.6 Å². The second-order valence-electron chi connectivity index (χ2n) is 3.22. The minimum atomic E-state index is -0.329. The Morgan fingerprint density at radius 3 is 2.12 bits per heavy atom. The molecule has 0 saturated heterocycles. The Hall–Kier alpha value is -1.65. The number of rotatable bonds is 4. The highest BCUT2D eigenvalue weighted by Crippen LogP contribution is 1.98. The van der Waals surface area contributed by atoms with Crippen molar-refractivity contribution in [2.75, 3.05) is 7.11 Å². The molecule has 5 nitrogen and oxygen atoms in total. The number of imide groups is 1. The lowest BCUT2D eigenvalue weighted by molar-refractivity contribution is -0.140. The summed E-state index contributed by atoms with van der Waals surface area (Å²) >= 11 is 0. The van der Waals surface area contributed by atoms with Gasteiger partial charge in [-0.2, -0.15) is 0 Å². The molecule has 0 saturated carbocycles. The van der Waals surface area contributed by atoms with Gasteiger partial charge in [-0.3, -0.25) is 19.7 Å². The van der Waals surface area contributed by atoms with Crippen LogP contribution in [0.1, 0.15) is 32.6 Å². The monoisotopic (exact) mass is 227 g/mol. The van der Waals surface area contributed by atoms with Crippen LogP contribution in [-0.4, -0.2) is 24.9 Å². The quantitative estimate of drug-likeness (QED) is 0.440. The van der Waals surface area contributed by atoms with Gasteiger partial charge in [0.15, 0.2) is 0 Å². The van der Waals surface area contributed by atoms with E-state index in [1.165, 1.54) is 19.3 Å². The van der Waals surface area contributed by atoms with Crippen molar-refractivity contribution in [2.24, 2.45) is 0 Å². The minimum Gasteiger partial charge on any atom is -0.469 e. The molecule has 0 aromatic rings. The van der Waals surface area contributed by atoms with Crippen molar-refractivity contribution in [1.82, 2.24) is 5.32 Å². The van der Waals surface area contributed by atoms with Gasteiger partial charge in [-0.1, -0.05) is 19.8 Å². The van der Waals surface area contributed by atoms with E-state index >= 15 is 0 Å². The smallest absolute Gasteiger partial charge is 0.305 e. The summed E-state index contributed by atoms with van der Waals surface area (Å²) in [5, 5.41) is 2.03. The first kappa shape index (κ1) is 14.3. The Labute approximate surface area is 94.8 Å². The van der Waals surface area contributed by atoms with Gasteiger partial charge in [-0.25, -0.2) is 0 Å². The predicted octanol–water partition coefficient (Wildman–Crippen LogP) is 0.939. The van der Waals surface area contributed by atoms with Crippen LogP contribution < -0.4 is 5.32 Å². The number of unbranched alkanes of at least 4 members (excludes halogenated alkanes) is 2. The topological polar surface area (TPSA) is 72.5 Å². The number of carbonyl (C=O) groups is 3. The minimum absolute atomic E-state index is 0.0940. The zero-order valence-electron chi connectivity index (χ0n) is 9.62.